The van der Waals surface area contributed by atoms with E-state index < -0.39 is 60.4 Å². The van der Waals surface area contributed by atoms with Gasteiger partial charge in [0.1, 0.15) is 11.2 Å². The molecular weight excluding hydrogens is 534 g/mol. The molecule has 0 aliphatic rings. The smallest absolute Gasteiger partial charge is 0.164 e. The van der Waals surface area contributed by atoms with Crippen molar-refractivity contribution in [3.05, 3.63) is 127 Å². The van der Waals surface area contributed by atoms with Crippen LogP contribution in [0.1, 0.15) is 15.1 Å². The predicted octanol–water partition coefficient (Wildman–Crippen LogP) is 10.3. The fourth-order valence-electron chi connectivity index (χ4n) is 5.23. The van der Waals surface area contributed by atoms with Crippen LogP contribution in [0.3, 0.4) is 0 Å². The van der Waals surface area contributed by atoms with Gasteiger partial charge in [0.25, 0.3) is 0 Å². The van der Waals surface area contributed by atoms with E-state index in [-0.39, 0.29) is 56.6 Å². The van der Waals surface area contributed by atoms with E-state index in [1.807, 2.05) is 36.4 Å². The number of hydrogen-bond donors (Lipinski definition) is 0. The summed E-state index contributed by atoms with van der Waals surface area (Å²) in [5.41, 5.74) is 0.0337. The minimum atomic E-state index is -0.586. The summed E-state index contributed by atoms with van der Waals surface area (Å²) in [5.74, 6) is -0.333. The molecule has 0 bridgehead atoms. The molecule has 0 unspecified atom stereocenters. The largest absolute Gasteiger partial charge is 0.456 e. The summed E-state index contributed by atoms with van der Waals surface area (Å²) in [7, 11) is 0. The number of rotatable bonds is 3. The van der Waals surface area contributed by atoms with Gasteiger partial charge in [-0.3, -0.25) is 0 Å². The molecule has 0 N–H and O–H groups in total. The molecule has 0 aliphatic carbocycles. The standard InChI is InChI=1S/C37H21N3OS/c1-2-8-22(9-3-1)35-38-36(40-37(39-35)25-16-18-28-27-10-4-6-12-31(27)41-32(28)21-25)24-15-17-26-23(20-24)14-19-30-29-11-5-7-13-33(29)42-34(26)30/h1-21H/i1D,2D,3D,4D,6D,8D,9D,10D,12D,16D,18D. The van der Waals surface area contributed by atoms with Crippen LogP contribution in [0.4, 0.5) is 0 Å². The van der Waals surface area contributed by atoms with Gasteiger partial charge in [-0.1, -0.05) is 96.8 Å². The van der Waals surface area contributed by atoms with E-state index in [9.17, 15) is 0 Å². The summed E-state index contributed by atoms with van der Waals surface area (Å²) in [6, 6.07) is 13.8. The van der Waals surface area contributed by atoms with Gasteiger partial charge in [0.2, 0.25) is 0 Å². The van der Waals surface area contributed by atoms with Gasteiger partial charge in [0, 0.05) is 47.6 Å². The number of fused-ring (bicyclic) bond motifs is 8. The molecule has 0 saturated carbocycles. The van der Waals surface area contributed by atoms with Gasteiger partial charge in [-0.25, -0.2) is 15.0 Å². The molecule has 3 heterocycles. The van der Waals surface area contributed by atoms with Crippen LogP contribution in [0.25, 0.3) is 87.0 Å². The van der Waals surface area contributed by atoms with Crippen LogP contribution < -0.4 is 0 Å². The molecule has 0 fully saturated rings. The lowest BCUT2D eigenvalue weighted by atomic mass is 10.0. The Kier molecular flexibility index (Phi) is 3.24. The zero-order valence-corrected chi connectivity index (χ0v) is 22.2. The summed E-state index contributed by atoms with van der Waals surface area (Å²) in [4.78, 5) is 13.8. The van der Waals surface area contributed by atoms with Crippen molar-refractivity contribution in [2.45, 2.75) is 0 Å². The predicted molar refractivity (Wildman–Crippen MR) is 174 cm³/mol. The highest BCUT2D eigenvalue weighted by molar-refractivity contribution is 7.26. The summed E-state index contributed by atoms with van der Waals surface area (Å²) >= 11 is 1.68. The maximum Gasteiger partial charge on any atom is 0.164 e. The number of hydrogen-bond acceptors (Lipinski definition) is 5. The summed E-state index contributed by atoms with van der Waals surface area (Å²) in [6.07, 6.45) is 0. The monoisotopic (exact) mass is 566 g/mol. The van der Waals surface area contributed by atoms with Crippen LogP contribution in [-0.4, -0.2) is 15.0 Å². The molecular formula is C37H21N3OS. The maximum atomic E-state index is 9.03. The Hall–Kier alpha value is -5.39. The van der Waals surface area contributed by atoms with Crippen molar-refractivity contribution in [3.63, 3.8) is 0 Å². The molecule has 5 heteroatoms. The average Bonchev–Trinajstić information content (AvgIpc) is 3.75. The Bertz CT molecular complexity index is 3080. The minimum Gasteiger partial charge on any atom is -0.456 e. The van der Waals surface area contributed by atoms with Crippen molar-refractivity contribution >= 4 is 64.2 Å². The van der Waals surface area contributed by atoms with E-state index in [1.54, 1.807) is 11.3 Å². The molecule has 0 radical (unpaired) electrons. The van der Waals surface area contributed by atoms with Crippen molar-refractivity contribution < 1.29 is 19.5 Å². The summed E-state index contributed by atoms with van der Waals surface area (Å²) in [5, 5.41) is 4.15. The van der Waals surface area contributed by atoms with Gasteiger partial charge in [-0.2, -0.15) is 0 Å². The lowest BCUT2D eigenvalue weighted by Crippen LogP contribution is -2.00. The van der Waals surface area contributed by atoms with Gasteiger partial charge in [0.15, 0.2) is 17.5 Å². The molecule has 0 amide bonds. The highest BCUT2D eigenvalue weighted by atomic mass is 32.1. The Morgan fingerprint density at radius 2 is 1.26 bits per heavy atom. The zero-order chi connectivity index (χ0) is 37.2. The summed E-state index contributed by atoms with van der Waals surface area (Å²) in [6.45, 7) is 0. The van der Waals surface area contributed by atoms with Gasteiger partial charge < -0.3 is 4.42 Å². The zero-order valence-electron chi connectivity index (χ0n) is 32.4. The molecule has 0 spiro atoms. The van der Waals surface area contributed by atoms with Gasteiger partial charge in [0.05, 0.1) is 15.1 Å². The molecule has 196 valence electrons. The Morgan fingerprint density at radius 1 is 0.524 bits per heavy atom. The first kappa shape index (κ1) is 15.0. The lowest BCUT2D eigenvalue weighted by molar-refractivity contribution is 0.669. The van der Waals surface area contributed by atoms with Crippen molar-refractivity contribution in [1.29, 1.82) is 0 Å². The second-order valence-corrected chi connectivity index (χ2v) is 10.7. The fraction of sp³-hybridized carbons (Fsp3) is 0. The number of furan rings is 1. The van der Waals surface area contributed by atoms with Crippen LogP contribution in [0, 0.1) is 0 Å². The highest BCUT2D eigenvalue weighted by Crippen LogP contribution is 2.39. The van der Waals surface area contributed by atoms with Crippen molar-refractivity contribution in [1.82, 2.24) is 15.0 Å². The Morgan fingerprint density at radius 3 is 2.17 bits per heavy atom. The second kappa shape index (κ2) is 9.06. The number of thiophene rings is 1. The third-order valence-electron chi connectivity index (χ3n) is 7.18. The van der Waals surface area contributed by atoms with Crippen molar-refractivity contribution in [3.8, 4) is 34.2 Å². The first-order valence-corrected chi connectivity index (χ1v) is 13.8. The van der Waals surface area contributed by atoms with Gasteiger partial charge in [-0.05, 0) is 41.1 Å². The number of aromatic nitrogens is 3. The van der Waals surface area contributed by atoms with Crippen LogP contribution in [-0.2, 0) is 0 Å². The number of para-hydroxylation sites is 1. The van der Waals surface area contributed by atoms with E-state index in [4.69, 9.17) is 24.5 Å². The first-order valence-electron chi connectivity index (χ1n) is 18.5. The quantitative estimate of drug-likeness (QED) is 0.213. The van der Waals surface area contributed by atoms with Gasteiger partial charge >= 0.3 is 0 Å². The fourth-order valence-corrected chi connectivity index (χ4v) is 6.47. The van der Waals surface area contributed by atoms with E-state index in [0.717, 1.165) is 30.9 Å². The van der Waals surface area contributed by atoms with E-state index in [0.29, 0.717) is 5.56 Å². The molecule has 0 saturated heterocycles. The van der Waals surface area contributed by atoms with E-state index in [1.165, 1.54) is 6.07 Å². The first-order chi connectivity index (χ1) is 25.3. The van der Waals surface area contributed by atoms with Crippen LogP contribution >= 0.6 is 11.3 Å². The van der Waals surface area contributed by atoms with E-state index >= 15 is 0 Å². The van der Waals surface area contributed by atoms with Crippen LogP contribution in [0.2, 0.25) is 0 Å². The Labute approximate surface area is 260 Å². The molecule has 4 nitrogen and oxygen atoms in total. The van der Waals surface area contributed by atoms with Crippen LogP contribution in [0.5, 0.6) is 0 Å². The third kappa shape index (κ3) is 3.64. The molecule has 0 atom stereocenters. The maximum absolute atomic E-state index is 9.03. The normalized spacial score (nSPS) is 15.5. The SMILES string of the molecule is [2H]c1c([2H])c([2H])c(-c2nc(-c3ccc4c(ccc5c6ccccc6sc45)c3)nc(-c3cc4oc5c([2H])c([2H])c([2H])c([2H])c5c4c([2H])c3[2H])n2)c([2H])c1[2H]. The topological polar surface area (TPSA) is 51.8 Å². The third-order valence-corrected chi connectivity index (χ3v) is 8.40. The molecule has 6 aromatic carbocycles. The second-order valence-electron chi connectivity index (χ2n) is 9.64. The molecule has 9 rings (SSSR count). The number of benzene rings is 6. The van der Waals surface area contributed by atoms with Crippen molar-refractivity contribution in [2.75, 3.05) is 0 Å². The Balaban J connectivity index is 1.32. The van der Waals surface area contributed by atoms with Gasteiger partial charge in [-0.15, -0.1) is 11.3 Å². The van der Waals surface area contributed by atoms with Crippen LogP contribution in [0.15, 0.2) is 132 Å². The molecule has 0 aliphatic heterocycles. The molecule has 9 aromatic rings. The van der Waals surface area contributed by atoms with Crippen molar-refractivity contribution in [2.24, 2.45) is 0 Å². The molecule has 3 aromatic heterocycles. The minimum absolute atomic E-state index is 0.00706. The lowest BCUT2D eigenvalue weighted by Gasteiger charge is -2.09. The molecule has 42 heavy (non-hydrogen) atoms. The highest BCUT2D eigenvalue weighted by Gasteiger charge is 2.16. The number of nitrogens with zero attached hydrogens (tertiary/aromatic N) is 3. The average molecular weight is 567 g/mol. The van der Waals surface area contributed by atoms with E-state index in [2.05, 4.69) is 28.2 Å². The summed E-state index contributed by atoms with van der Waals surface area (Å²) < 4.78 is 101.